The third-order valence-corrected chi connectivity index (χ3v) is 1.95. The molecule has 1 aromatic rings. The van der Waals surface area contributed by atoms with E-state index in [9.17, 15) is 4.39 Å². The van der Waals surface area contributed by atoms with Gasteiger partial charge in [0, 0.05) is 17.8 Å². The molecule has 0 atom stereocenters. The summed E-state index contributed by atoms with van der Waals surface area (Å²) >= 11 is 0. The van der Waals surface area contributed by atoms with Crippen LogP contribution >= 0.6 is 0 Å². The van der Waals surface area contributed by atoms with Gasteiger partial charge in [0.15, 0.2) is 0 Å². The average Bonchev–Trinajstić information content (AvgIpc) is 2.08. The third-order valence-electron chi connectivity index (χ3n) is 1.95. The van der Waals surface area contributed by atoms with E-state index >= 15 is 0 Å². The first-order valence-electron chi connectivity index (χ1n) is 4.72. The number of halogens is 1. The Morgan fingerprint density at radius 2 is 1.79 bits per heavy atom. The van der Waals surface area contributed by atoms with Crippen molar-refractivity contribution in [3.05, 3.63) is 30.1 Å². The van der Waals surface area contributed by atoms with Crippen molar-refractivity contribution < 1.29 is 4.39 Å². The molecule has 0 amide bonds. The lowest BCUT2D eigenvalue weighted by Crippen LogP contribution is -2.40. The van der Waals surface area contributed by atoms with Gasteiger partial charge >= 0.3 is 0 Å². The van der Waals surface area contributed by atoms with Crippen LogP contribution in [-0.2, 0) is 0 Å². The highest BCUT2D eigenvalue weighted by Gasteiger charge is 2.15. The number of hydrogen-bond donors (Lipinski definition) is 2. The lowest BCUT2D eigenvalue weighted by atomic mass is 10.1. The van der Waals surface area contributed by atoms with E-state index in [4.69, 9.17) is 0 Å². The molecule has 0 spiro atoms. The normalized spacial score (nSPS) is 11.4. The smallest absolute Gasteiger partial charge is 0.123 e. The molecule has 0 heterocycles. The maximum Gasteiger partial charge on any atom is 0.123 e. The van der Waals surface area contributed by atoms with Crippen molar-refractivity contribution in [2.45, 2.75) is 19.4 Å². The molecule has 0 saturated heterocycles. The van der Waals surface area contributed by atoms with Crippen molar-refractivity contribution in [1.29, 1.82) is 0 Å². The zero-order valence-electron chi connectivity index (χ0n) is 8.89. The number of likely N-dealkylation sites (N-methyl/N-ethyl adjacent to an activating group) is 1. The maximum atomic E-state index is 12.6. The summed E-state index contributed by atoms with van der Waals surface area (Å²) in [6.45, 7) is 5.03. The number of hydrogen-bond acceptors (Lipinski definition) is 2. The van der Waals surface area contributed by atoms with Gasteiger partial charge in [0.2, 0.25) is 0 Å². The van der Waals surface area contributed by atoms with E-state index in [-0.39, 0.29) is 11.4 Å². The van der Waals surface area contributed by atoms with Crippen molar-refractivity contribution in [1.82, 2.24) is 5.32 Å². The van der Waals surface area contributed by atoms with Crippen LogP contribution in [0.2, 0.25) is 0 Å². The summed E-state index contributed by atoms with van der Waals surface area (Å²) in [5, 5.41) is 6.42. The van der Waals surface area contributed by atoms with Crippen LogP contribution < -0.4 is 10.6 Å². The average molecular weight is 196 g/mol. The Morgan fingerprint density at radius 1 is 1.21 bits per heavy atom. The molecule has 0 aliphatic carbocycles. The SMILES string of the molecule is CNCC(C)(C)Nc1ccc(F)cc1. The predicted molar refractivity (Wildman–Crippen MR) is 58.0 cm³/mol. The summed E-state index contributed by atoms with van der Waals surface area (Å²) in [6, 6.07) is 6.40. The van der Waals surface area contributed by atoms with Crippen molar-refractivity contribution >= 4 is 5.69 Å². The van der Waals surface area contributed by atoms with Crippen molar-refractivity contribution in [2.75, 3.05) is 18.9 Å². The Labute approximate surface area is 84.5 Å². The second-order valence-electron chi connectivity index (χ2n) is 4.05. The fraction of sp³-hybridized carbons (Fsp3) is 0.455. The third kappa shape index (κ3) is 3.34. The summed E-state index contributed by atoms with van der Waals surface area (Å²) < 4.78 is 12.6. The Balaban J connectivity index is 2.64. The highest BCUT2D eigenvalue weighted by Crippen LogP contribution is 2.14. The first kappa shape index (κ1) is 11.0. The fourth-order valence-corrected chi connectivity index (χ4v) is 1.41. The molecule has 78 valence electrons. The standard InChI is InChI=1S/C11H17FN2/c1-11(2,8-13-3)14-10-6-4-9(12)5-7-10/h4-7,13-14H,8H2,1-3H3. The first-order valence-corrected chi connectivity index (χ1v) is 4.72. The van der Waals surface area contributed by atoms with Gasteiger partial charge in [-0.1, -0.05) is 0 Å². The molecular weight excluding hydrogens is 179 g/mol. The molecule has 1 aromatic carbocycles. The van der Waals surface area contributed by atoms with Crippen molar-refractivity contribution in [3.8, 4) is 0 Å². The zero-order chi connectivity index (χ0) is 10.6. The molecule has 0 bridgehead atoms. The van der Waals surface area contributed by atoms with E-state index in [1.807, 2.05) is 7.05 Å². The van der Waals surface area contributed by atoms with E-state index in [2.05, 4.69) is 24.5 Å². The summed E-state index contributed by atoms with van der Waals surface area (Å²) in [5.74, 6) is -0.207. The molecule has 1 rings (SSSR count). The lowest BCUT2D eigenvalue weighted by Gasteiger charge is -2.27. The quantitative estimate of drug-likeness (QED) is 0.771. The number of rotatable bonds is 4. The minimum absolute atomic E-state index is 0.0351. The minimum atomic E-state index is -0.207. The second kappa shape index (κ2) is 4.42. The van der Waals surface area contributed by atoms with Crippen LogP contribution in [0.3, 0.4) is 0 Å². The molecule has 0 aliphatic heterocycles. The van der Waals surface area contributed by atoms with Gasteiger partial charge in [-0.05, 0) is 45.2 Å². The van der Waals surface area contributed by atoms with Crippen LogP contribution in [0.25, 0.3) is 0 Å². The fourth-order valence-electron chi connectivity index (χ4n) is 1.41. The Hall–Kier alpha value is -1.09. The molecule has 0 fully saturated rings. The van der Waals surface area contributed by atoms with Gasteiger partial charge in [0.1, 0.15) is 5.82 Å². The second-order valence-corrected chi connectivity index (χ2v) is 4.05. The molecular formula is C11H17FN2. The van der Waals surface area contributed by atoms with Crippen LogP contribution in [0.15, 0.2) is 24.3 Å². The molecule has 0 aromatic heterocycles. The van der Waals surface area contributed by atoms with Crippen LogP contribution in [0, 0.1) is 5.82 Å². The number of nitrogens with one attached hydrogen (secondary N) is 2. The molecule has 2 N–H and O–H groups in total. The number of anilines is 1. The molecule has 0 saturated carbocycles. The van der Waals surface area contributed by atoms with Gasteiger partial charge in [-0.15, -0.1) is 0 Å². The van der Waals surface area contributed by atoms with Crippen molar-refractivity contribution in [3.63, 3.8) is 0 Å². The Bertz CT molecular complexity index is 280. The highest BCUT2D eigenvalue weighted by molar-refractivity contribution is 5.45. The molecule has 0 unspecified atom stereocenters. The minimum Gasteiger partial charge on any atom is -0.379 e. The summed E-state index contributed by atoms with van der Waals surface area (Å²) in [4.78, 5) is 0. The monoisotopic (exact) mass is 196 g/mol. The van der Waals surface area contributed by atoms with Crippen LogP contribution in [-0.4, -0.2) is 19.1 Å². The highest BCUT2D eigenvalue weighted by atomic mass is 19.1. The van der Waals surface area contributed by atoms with Gasteiger partial charge in [-0.25, -0.2) is 4.39 Å². The van der Waals surface area contributed by atoms with Crippen LogP contribution in [0.5, 0.6) is 0 Å². The maximum absolute atomic E-state index is 12.6. The largest absolute Gasteiger partial charge is 0.379 e. The molecule has 3 heteroatoms. The molecule has 0 radical (unpaired) electrons. The molecule has 2 nitrogen and oxygen atoms in total. The van der Waals surface area contributed by atoms with Gasteiger partial charge < -0.3 is 10.6 Å². The van der Waals surface area contributed by atoms with Gasteiger partial charge in [0.25, 0.3) is 0 Å². The van der Waals surface area contributed by atoms with Gasteiger partial charge in [0.05, 0.1) is 0 Å². The van der Waals surface area contributed by atoms with Crippen molar-refractivity contribution in [2.24, 2.45) is 0 Å². The van der Waals surface area contributed by atoms with E-state index in [0.29, 0.717) is 0 Å². The first-order chi connectivity index (χ1) is 6.53. The van der Waals surface area contributed by atoms with Crippen LogP contribution in [0.1, 0.15) is 13.8 Å². The van der Waals surface area contributed by atoms with Gasteiger partial charge in [-0.3, -0.25) is 0 Å². The number of benzene rings is 1. The summed E-state index contributed by atoms with van der Waals surface area (Å²) in [7, 11) is 1.91. The van der Waals surface area contributed by atoms with Crippen LogP contribution in [0.4, 0.5) is 10.1 Å². The summed E-state index contributed by atoms with van der Waals surface area (Å²) in [6.07, 6.45) is 0. The lowest BCUT2D eigenvalue weighted by molar-refractivity contribution is 0.530. The Kier molecular flexibility index (Phi) is 3.47. The van der Waals surface area contributed by atoms with E-state index in [1.54, 1.807) is 12.1 Å². The zero-order valence-corrected chi connectivity index (χ0v) is 8.89. The summed E-state index contributed by atoms with van der Waals surface area (Å²) in [5.41, 5.74) is 0.902. The molecule has 14 heavy (non-hydrogen) atoms. The van der Waals surface area contributed by atoms with E-state index in [0.717, 1.165) is 12.2 Å². The van der Waals surface area contributed by atoms with E-state index < -0.39 is 0 Å². The van der Waals surface area contributed by atoms with Gasteiger partial charge in [-0.2, -0.15) is 0 Å². The van der Waals surface area contributed by atoms with E-state index in [1.165, 1.54) is 12.1 Å². The topological polar surface area (TPSA) is 24.1 Å². The Morgan fingerprint density at radius 3 is 2.29 bits per heavy atom. The predicted octanol–water partition coefficient (Wildman–Crippen LogP) is 2.24. The molecule has 0 aliphatic rings.